The minimum Gasteiger partial charge on any atom is -0.370 e. The first-order valence-corrected chi connectivity index (χ1v) is 8.67. The lowest BCUT2D eigenvalue weighted by atomic mass is 10.1. The normalized spacial score (nSPS) is 18.0. The van der Waals surface area contributed by atoms with E-state index in [4.69, 9.17) is 4.74 Å². The van der Waals surface area contributed by atoms with E-state index in [-0.39, 0.29) is 17.8 Å². The molecule has 1 saturated heterocycles. The molecule has 0 bridgehead atoms. The fourth-order valence-corrected chi connectivity index (χ4v) is 3.99. The van der Waals surface area contributed by atoms with Gasteiger partial charge in [-0.3, -0.25) is 4.79 Å². The number of carbonyl (C=O) groups is 1. The van der Waals surface area contributed by atoms with Crippen LogP contribution >= 0.6 is 11.3 Å². The molecule has 122 valence electrons. The molecule has 0 N–H and O–H groups in total. The number of carbonyl (C=O) groups excluding carboxylic acids is 1. The van der Waals surface area contributed by atoms with Crippen molar-refractivity contribution in [3.8, 4) is 0 Å². The van der Waals surface area contributed by atoms with E-state index in [1.807, 2.05) is 35.2 Å². The molecule has 0 saturated carbocycles. The molecule has 0 spiro atoms. The van der Waals surface area contributed by atoms with E-state index < -0.39 is 0 Å². The largest absolute Gasteiger partial charge is 0.370 e. The number of rotatable bonds is 2. The lowest BCUT2D eigenvalue weighted by Crippen LogP contribution is -2.42. The minimum absolute atomic E-state index is 0.0339. The van der Waals surface area contributed by atoms with Gasteiger partial charge in [0.2, 0.25) is 0 Å². The lowest BCUT2D eigenvalue weighted by molar-refractivity contribution is -0.0226. The summed E-state index contributed by atoms with van der Waals surface area (Å²) in [5, 5.41) is 1.09. The SMILES string of the molecule is O=C(c1cc2ccccc2s1)N1CCOC(c2ccc(F)cc2)C1. The summed E-state index contributed by atoms with van der Waals surface area (Å²) in [5.74, 6) is -0.237. The Bertz CT molecular complexity index is 841. The maximum atomic E-state index is 13.1. The summed E-state index contributed by atoms with van der Waals surface area (Å²) in [6.07, 6.45) is -0.210. The lowest BCUT2D eigenvalue weighted by Gasteiger charge is -2.33. The number of morpholine rings is 1. The fraction of sp³-hybridized carbons (Fsp3) is 0.211. The molecule has 1 aliphatic rings. The van der Waals surface area contributed by atoms with E-state index in [1.54, 1.807) is 12.1 Å². The molecule has 1 amide bonds. The van der Waals surface area contributed by atoms with Crippen LogP contribution in [-0.4, -0.2) is 30.5 Å². The van der Waals surface area contributed by atoms with Crippen LogP contribution in [0.1, 0.15) is 21.3 Å². The first kappa shape index (κ1) is 15.3. The van der Waals surface area contributed by atoms with Crippen molar-refractivity contribution < 1.29 is 13.9 Å². The van der Waals surface area contributed by atoms with Crippen molar-refractivity contribution in [2.75, 3.05) is 19.7 Å². The van der Waals surface area contributed by atoms with Crippen molar-refractivity contribution in [2.45, 2.75) is 6.10 Å². The Morgan fingerprint density at radius 3 is 2.75 bits per heavy atom. The van der Waals surface area contributed by atoms with Crippen molar-refractivity contribution in [3.63, 3.8) is 0 Å². The molecule has 0 aliphatic carbocycles. The number of amides is 1. The quantitative estimate of drug-likeness (QED) is 0.697. The van der Waals surface area contributed by atoms with Crippen LogP contribution in [0.2, 0.25) is 0 Å². The van der Waals surface area contributed by atoms with Crippen LogP contribution in [0, 0.1) is 5.82 Å². The highest BCUT2D eigenvalue weighted by molar-refractivity contribution is 7.20. The highest BCUT2D eigenvalue weighted by atomic mass is 32.1. The zero-order valence-corrected chi connectivity index (χ0v) is 13.8. The Morgan fingerprint density at radius 2 is 1.96 bits per heavy atom. The first-order chi connectivity index (χ1) is 11.7. The second kappa shape index (κ2) is 6.34. The van der Waals surface area contributed by atoms with Crippen LogP contribution < -0.4 is 0 Å². The predicted molar refractivity (Wildman–Crippen MR) is 92.8 cm³/mol. The molecular formula is C19H16FNO2S. The number of ether oxygens (including phenoxy) is 1. The molecule has 5 heteroatoms. The highest BCUT2D eigenvalue weighted by Crippen LogP contribution is 2.28. The summed E-state index contributed by atoms with van der Waals surface area (Å²) >= 11 is 1.52. The molecule has 1 atom stereocenters. The number of fused-ring (bicyclic) bond motifs is 1. The van der Waals surface area contributed by atoms with Crippen LogP contribution in [0.3, 0.4) is 0 Å². The third-order valence-corrected chi connectivity index (χ3v) is 5.34. The third-order valence-electron chi connectivity index (χ3n) is 4.23. The van der Waals surface area contributed by atoms with E-state index in [0.29, 0.717) is 19.7 Å². The second-order valence-electron chi connectivity index (χ2n) is 5.81. The summed E-state index contributed by atoms with van der Waals surface area (Å²) in [7, 11) is 0. The van der Waals surface area contributed by atoms with Gasteiger partial charge in [0.1, 0.15) is 11.9 Å². The maximum absolute atomic E-state index is 13.1. The van der Waals surface area contributed by atoms with Gasteiger partial charge in [0.25, 0.3) is 5.91 Å². The Hall–Kier alpha value is -2.24. The molecule has 1 aromatic heterocycles. The van der Waals surface area contributed by atoms with Gasteiger partial charge in [-0.25, -0.2) is 4.39 Å². The molecule has 0 radical (unpaired) electrons. The average molecular weight is 341 g/mol. The van der Waals surface area contributed by atoms with Gasteiger partial charge < -0.3 is 9.64 Å². The van der Waals surface area contributed by atoms with Gasteiger partial charge in [-0.15, -0.1) is 11.3 Å². The van der Waals surface area contributed by atoms with E-state index >= 15 is 0 Å². The molecule has 4 rings (SSSR count). The van der Waals surface area contributed by atoms with E-state index in [2.05, 4.69) is 0 Å². The molecular weight excluding hydrogens is 325 g/mol. The van der Waals surface area contributed by atoms with Gasteiger partial charge in [0.05, 0.1) is 18.0 Å². The van der Waals surface area contributed by atoms with Crippen molar-refractivity contribution in [3.05, 3.63) is 70.9 Å². The molecule has 3 nitrogen and oxygen atoms in total. The predicted octanol–water partition coefficient (Wildman–Crippen LogP) is 4.25. The standard InChI is InChI=1S/C19H16FNO2S/c20-15-7-5-13(6-8-15)16-12-21(9-10-23-16)19(22)18-11-14-3-1-2-4-17(14)24-18/h1-8,11,16H,9-10,12H2. The Morgan fingerprint density at radius 1 is 1.17 bits per heavy atom. The van der Waals surface area contributed by atoms with Crippen molar-refractivity contribution in [2.24, 2.45) is 0 Å². The van der Waals surface area contributed by atoms with Crippen LogP contribution in [0.15, 0.2) is 54.6 Å². The zero-order valence-electron chi connectivity index (χ0n) is 12.9. The summed E-state index contributed by atoms with van der Waals surface area (Å²) < 4.78 is 20.0. The maximum Gasteiger partial charge on any atom is 0.264 e. The first-order valence-electron chi connectivity index (χ1n) is 7.85. The summed E-state index contributed by atoms with van der Waals surface area (Å²) in [6.45, 7) is 1.54. The van der Waals surface area contributed by atoms with Crippen LogP contribution in [0.25, 0.3) is 10.1 Å². The molecule has 1 unspecified atom stereocenters. The summed E-state index contributed by atoms with van der Waals surface area (Å²) in [5.41, 5.74) is 0.894. The zero-order chi connectivity index (χ0) is 16.5. The topological polar surface area (TPSA) is 29.5 Å². The number of thiophene rings is 1. The van der Waals surface area contributed by atoms with Gasteiger partial charge in [-0.1, -0.05) is 30.3 Å². The van der Waals surface area contributed by atoms with E-state index in [0.717, 1.165) is 20.5 Å². The Labute approximate surface area is 143 Å². The monoisotopic (exact) mass is 341 g/mol. The van der Waals surface area contributed by atoms with Gasteiger partial charge >= 0.3 is 0 Å². The smallest absolute Gasteiger partial charge is 0.264 e. The highest BCUT2D eigenvalue weighted by Gasteiger charge is 2.27. The van der Waals surface area contributed by atoms with Crippen LogP contribution in [-0.2, 0) is 4.74 Å². The van der Waals surface area contributed by atoms with E-state index in [9.17, 15) is 9.18 Å². The van der Waals surface area contributed by atoms with Gasteiger partial charge in [-0.05, 0) is 35.2 Å². The third kappa shape index (κ3) is 2.92. The average Bonchev–Trinajstić information content (AvgIpc) is 3.06. The second-order valence-corrected chi connectivity index (χ2v) is 6.89. The number of hydrogen-bond acceptors (Lipinski definition) is 3. The van der Waals surface area contributed by atoms with Gasteiger partial charge in [0, 0.05) is 11.2 Å². The molecule has 24 heavy (non-hydrogen) atoms. The minimum atomic E-state index is -0.271. The fourth-order valence-electron chi connectivity index (χ4n) is 2.96. The molecule has 2 aromatic carbocycles. The number of halogens is 1. The number of hydrogen-bond donors (Lipinski definition) is 0. The molecule has 1 fully saturated rings. The van der Waals surface area contributed by atoms with Crippen molar-refractivity contribution in [1.82, 2.24) is 4.90 Å². The van der Waals surface area contributed by atoms with Crippen LogP contribution in [0.4, 0.5) is 4.39 Å². The van der Waals surface area contributed by atoms with E-state index in [1.165, 1.54) is 23.5 Å². The number of nitrogens with zero attached hydrogens (tertiary/aromatic N) is 1. The molecule has 3 aromatic rings. The van der Waals surface area contributed by atoms with Gasteiger partial charge in [0.15, 0.2) is 0 Å². The van der Waals surface area contributed by atoms with Gasteiger partial charge in [-0.2, -0.15) is 0 Å². The molecule has 1 aliphatic heterocycles. The summed E-state index contributed by atoms with van der Waals surface area (Å²) in [4.78, 5) is 15.4. The number of benzene rings is 2. The summed E-state index contributed by atoms with van der Waals surface area (Å²) in [6, 6.07) is 16.2. The van der Waals surface area contributed by atoms with Crippen LogP contribution in [0.5, 0.6) is 0 Å². The van der Waals surface area contributed by atoms with Crippen molar-refractivity contribution in [1.29, 1.82) is 0 Å². The Kier molecular flexibility index (Phi) is 4.04. The van der Waals surface area contributed by atoms with Crippen molar-refractivity contribution >= 4 is 27.3 Å². The Balaban J connectivity index is 1.54. The molecule has 2 heterocycles.